The van der Waals surface area contributed by atoms with Crippen LogP contribution in [-0.4, -0.2) is 16.9 Å². The fourth-order valence-electron chi connectivity index (χ4n) is 2.81. The summed E-state index contributed by atoms with van der Waals surface area (Å²) in [7, 11) is 0. The predicted octanol–water partition coefficient (Wildman–Crippen LogP) is 5.53. The Morgan fingerprint density at radius 2 is 1.81 bits per heavy atom. The average molecular weight is 354 g/mol. The van der Waals surface area contributed by atoms with Crippen molar-refractivity contribution in [3.63, 3.8) is 0 Å². The Hall–Kier alpha value is -2.62. The van der Waals surface area contributed by atoms with Crippen LogP contribution < -0.4 is 0 Å². The van der Waals surface area contributed by atoms with Crippen LogP contribution in [-0.2, 0) is 11.2 Å². The zero-order chi connectivity index (χ0) is 18.8. The molecule has 0 aliphatic carbocycles. The predicted molar refractivity (Wildman–Crippen MR) is 102 cm³/mol. The molecule has 0 atom stereocenters. The molecule has 1 N–H and O–H groups in total. The highest BCUT2D eigenvalue weighted by atomic mass is 16.4. The van der Waals surface area contributed by atoms with E-state index in [9.17, 15) is 14.7 Å². The Labute approximate surface area is 154 Å². The summed E-state index contributed by atoms with van der Waals surface area (Å²) in [5.41, 5.74) is 2.19. The molecule has 1 heterocycles. The van der Waals surface area contributed by atoms with Crippen molar-refractivity contribution in [1.82, 2.24) is 0 Å². The summed E-state index contributed by atoms with van der Waals surface area (Å²) in [5, 5.41) is 9.28. The highest BCUT2D eigenvalue weighted by molar-refractivity contribution is 5.96. The lowest BCUT2D eigenvalue weighted by molar-refractivity contribution is -0.132. The average Bonchev–Trinajstić information content (AvgIpc) is 3.14. The fourth-order valence-corrected chi connectivity index (χ4v) is 2.81. The summed E-state index contributed by atoms with van der Waals surface area (Å²) in [6, 6.07) is 11.2. The molecule has 0 bridgehead atoms. The van der Waals surface area contributed by atoms with E-state index < -0.39 is 5.97 Å². The van der Waals surface area contributed by atoms with Gasteiger partial charge in [0.25, 0.3) is 0 Å². The number of carbonyl (C=O) groups is 2. The van der Waals surface area contributed by atoms with Gasteiger partial charge in [-0.3, -0.25) is 4.79 Å². The van der Waals surface area contributed by atoms with E-state index in [2.05, 4.69) is 6.92 Å². The first-order valence-electron chi connectivity index (χ1n) is 9.19. The van der Waals surface area contributed by atoms with E-state index in [1.807, 2.05) is 24.3 Å². The Kier molecular flexibility index (Phi) is 7.87. The molecule has 2 aromatic rings. The summed E-state index contributed by atoms with van der Waals surface area (Å²) in [6.07, 6.45) is 8.80. The number of carbonyl (C=O) groups excluding carboxylic acids is 1. The lowest BCUT2D eigenvalue weighted by atomic mass is 10.00. The number of carboxylic acids is 1. The van der Waals surface area contributed by atoms with Gasteiger partial charge >= 0.3 is 5.97 Å². The van der Waals surface area contributed by atoms with Crippen molar-refractivity contribution in [2.24, 2.45) is 0 Å². The number of hydrogen-bond donors (Lipinski definition) is 1. The number of rotatable bonds is 11. The zero-order valence-electron chi connectivity index (χ0n) is 15.2. The molecule has 4 nitrogen and oxygen atoms in total. The maximum Gasteiger partial charge on any atom is 0.331 e. The van der Waals surface area contributed by atoms with Crippen molar-refractivity contribution in [1.29, 1.82) is 0 Å². The Morgan fingerprint density at radius 3 is 2.42 bits per heavy atom. The van der Waals surface area contributed by atoms with Crippen LogP contribution in [0.3, 0.4) is 0 Å². The van der Waals surface area contributed by atoms with E-state index >= 15 is 0 Å². The molecule has 4 heteroatoms. The van der Waals surface area contributed by atoms with Gasteiger partial charge in [0.1, 0.15) is 5.76 Å². The summed E-state index contributed by atoms with van der Waals surface area (Å²) in [4.78, 5) is 23.6. The second-order valence-electron chi connectivity index (χ2n) is 6.42. The lowest BCUT2D eigenvalue weighted by Crippen LogP contribution is -2.03. The molecule has 138 valence electrons. The van der Waals surface area contributed by atoms with Crippen LogP contribution in [0.15, 0.2) is 52.7 Å². The van der Waals surface area contributed by atoms with E-state index in [0.717, 1.165) is 6.42 Å². The van der Waals surface area contributed by atoms with Crippen LogP contribution in [0.2, 0.25) is 0 Å². The van der Waals surface area contributed by atoms with Crippen LogP contribution in [0.1, 0.15) is 67.1 Å². The van der Waals surface area contributed by atoms with E-state index in [0.29, 0.717) is 30.6 Å². The van der Waals surface area contributed by atoms with Crippen LogP contribution >= 0.6 is 0 Å². The summed E-state index contributed by atoms with van der Waals surface area (Å²) in [5.74, 6) is -0.425. The maximum absolute atomic E-state index is 12.3. The topological polar surface area (TPSA) is 67.5 Å². The van der Waals surface area contributed by atoms with Gasteiger partial charge in [-0.25, -0.2) is 4.79 Å². The van der Waals surface area contributed by atoms with Gasteiger partial charge in [-0.15, -0.1) is 0 Å². The summed E-state index contributed by atoms with van der Waals surface area (Å²) in [6.45, 7) is 2.18. The number of ketones is 1. The summed E-state index contributed by atoms with van der Waals surface area (Å²) < 4.78 is 5.15. The van der Waals surface area contributed by atoms with Gasteiger partial charge in [-0.2, -0.15) is 0 Å². The van der Waals surface area contributed by atoms with Crippen LogP contribution in [0.25, 0.3) is 6.08 Å². The van der Waals surface area contributed by atoms with Crippen LogP contribution in [0, 0.1) is 0 Å². The minimum Gasteiger partial charge on any atom is -0.478 e. The molecule has 0 spiro atoms. The van der Waals surface area contributed by atoms with Gasteiger partial charge in [0.05, 0.1) is 6.26 Å². The third kappa shape index (κ3) is 6.36. The number of aliphatic carboxylic acids is 1. The Bertz CT molecular complexity index is 724. The van der Waals surface area contributed by atoms with E-state index in [1.165, 1.54) is 37.2 Å². The first kappa shape index (κ1) is 19.7. The molecular formula is C22H26O4. The molecule has 0 saturated carbocycles. The molecule has 0 fully saturated rings. The standard InChI is InChI=1S/C22H26O4/c1-2-3-4-7-17-11-13-18(14-12-17)21(23)10-5-8-19(22(24)25)16-20-9-6-15-26-20/h6,9,11-16H,2-5,7-8,10H2,1H3,(H,24,25)/b19-16-. The molecule has 26 heavy (non-hydrogen) atoms. The van der Waals surface area contributed by atoms with Gasteiger partial charge in [-0.05, 0) is 49.5 Å². The molecule has 0 radical (unpaired) electrons. The molecular weight excluding hydrogens is 328 g/mol. The third-order valence-electron chi connectivity index (χ3n) is 4.33. The molecule has 0 aliphatic heterocycles. The van der Waals surface area contributed by atoms with Gasteiger partial charge in [0.2, 0.25) is 0 Å². The third-order valence-corrected chi connectivity index (χ3v) is 4.33. The number of carboxylic acid groups (broad SMARTS) is 1. The molecule has 1 aromatic heterocycles. The SMILES string of the molecule is CCCCCc1ccc(C(=O)CCC/C(=C/c2ccco2)C(=O)O)cc1. The monoisotopic (exact) mass is 354 g/mol. The van der Waals surface area contributed by atoms with Gasteiger partial charge in [-0.1, -0.05) is 44.0 Å². The normalized spacial score (nSPS) is 11.5. The van der Waals surface area contributed by atoms with E-state index in [4.69, 9.17) is 4.42 Å². The van der Waals surface area contributed by atoms with Gasteiger partial charge < -0.3 is 9.52 Å². The highest BCUT2D eigenvalue weighted by Crippen LogP contribution is 2.16. The van der Waals surface area contributed by atoms with Crippen LogP contribution in [0.4, 0.5) is 0 Å². The van der Waals surface area contributed by atoms with E-state index in [-0.39, 0.29) is 11.4 Å². The van der Waals surface area contributed by atoms with Crippen molar-refractivity contribution < 1.29 is 19.1 Å². The van der Waals surface area contributed by atoms with Crippen molar-refractivity contribution >= 4 is 17.8 Å². The molecule has 1 aromatic carbocycles. The second kappa shape index (κ2) is 10.4. The van der Waals surface area contributed by atoms with Gasteiger partial charge in [0, 0.05) is 17.6 Å². The summed E-state index contributed by atoms with van der Waals surface area (Å²) >= 11 is 0. The molecule has 0 amide bonds. The van der Waals surface area contributed by atoms with Crippen molar-refractivity contribution in [3.05, 3.63) is 65.1 Å². The number of benzene rings is 1. The van der Waals surface area contributed by atoms with Crippen molar-refractivity contribution in [2.75, 3.05) is 0 Å². The van der Waals surface area contributed by atoms with E-state index in [1.54, 1.807) is 12.1 Å². The Morgan fingerprint density at radius 1 is 1.04 bits per heavy atom. The number of Topliss-reactive ketones (excluding diaryl/α,β-unsaturated/α-hetero) is 1. The fraction of sp³-hybridized carbons (Fsp3) is 0.364. The first-order chi connectivity index (χ1) is 12.6. The number of hydrogen-bond acceptors (Lipinski definition) is 3. The molecule has 0 aliphatic rings. The minimum absolute atomic E-state index is 0.0489. The number of aryl methyl sites for hydroxylation is 1. The zero-order valence-corrected chi connectivity index (χ0v) is 15.2. The largest absolute Gasteiger partial charge is 0.478 e. The smallest absolute Gasteiger partial charge is 0.331 e. The second-order valence-corrected chi connectivity index (χ2v) is 6.42. The molecule has 0 saturated heterocycles. The maximum atomic E-state index is 12.3. The lowest BCUT2D eigenvalue weighted by Gasteiger charge is -2.05. The Balaban J connectivity index is 1.84. The quantitative estimate of drug-likeness (QED) is 0.327. The number of unbranched alkanes of at least 4 members (excludes halogenated alkanes) is 2. The van der Waals surface area contributed by atoms with Crippen molar-refractivity contribution in [3.8, 4) is 0 Å². The van der Waals surface area contributed by atoms with Crippen molar-refractivity contribution in [2.45, 2.75) is 51.9 Å². The highest BCUT2D eigenvalue weighted by Gasteiger charge is 2.11. The van der Waals surface area contributed by atoms with Gasteiger partial charge in [0.15, 0.2) is 5.78 Å². The number of furan rings is 1. The minimum atomic E-state index is -0.981. The molecule has 2 rings (SSSR count). The van der Waals surface area contributed by atoms with Crippen LogP contribution in [0.5, 0.6) is 0 Å². The molecule has 0 unspecified atom stereocenters. The first-order valence-corrected chi connectivity index (χ1v) is 9.19.